The highest BCUT2D eigenvalue weighted by Gasteiger charge is 2.19. The van der Waals surface area contributed by atoms with E-state index >= 15 is 0 Å². The first-order chi connectivity index (χ1) is 6.97. The molecule has 0 bridgehead atoms. The maximum absolute atomic E-state index is 13.3. The van der Waals surface area contributed by atoms with Gasteiger partial charge in [-0.15, -0.1) is 0 Å². The Morgan fingerprint density at radius 3 is 2.20 bits per heavy atom. The molecule has 0 radical (unpaired) electrons. The summed E-state index contributed by atoms with van der Waals surface area (Å²) in [6.45, 7) is 3.74. The number of benzene rings is 1. The molecule has 0 fully saturated rings. The van der Waals surface area contributed by atoms with Gasteiger partial charge in [-0.05, 0) is 12.0 Å². The minimum atomic E-state index is -1.19. The topological polar surface area (TPSA) is 26.0 Å². The Hall–Kier alpha value is -1.03. The molecule has 0 aliphatic heterocycles. The molecule has 1 rings (SSSR count). The Labute approximate surface area is 87.1 Å². The number of rotatable bonds is 3. The van der Waals surface area contributed by atoms with Crippen LogP contribution in [0.15, 0.2) is 12.1 Å². The lowest BCUT2D eigenvalue weighted by atomic mass is 9.93. The molecule has 1 nitrogen and oxygen atoms in total. The van der Waals surface area contributed by atoms with Crippen molar-refractivity contribution in [3.05, 3.63) is 35.1 Å². The lowest BCUT2D eigenvalue weighted by Crippen LogP contribution is -2.20. The van der Waals surface area contributed by atoms with Gasteiger partial charge in [0.2, 0.25) is 0 Å². The number of nitrogens with two attached hydrogens (primary N) is 1. The Bertz CT molecular complexity index is 352. The highest BCUT2D eigenvalue weighted by atomic mass is 19.2. The molecule has 2 N–H and O–H groups in total. The number of hydrogen-bond acceptors (Lipinski definition) is 1. The zero-order chi connectivity index (χ0) is 11.6. The molecule has 84 valence electrons. The average Bonchev–Trinajstić information content (AvgIpc) is 2.21. The van der Waals surface area contributed by atoms with Gasteiger partial charge in [0.15, 0.2) is 11.6 Å². The monoisotopic (exact) mass is 217 g/mol. The van der Waals surface area contributed by atoms with Gasteiger partial charge in [-0.25, -0.2) is 13.2 Å². The van der Waals surface area contributed by atoms with E-state index in [1.165, 1.54) is 0 Å². The molecule has 0 spiro atoms. The highest BCUT2D eigenvalue weighted by molar-refractivity contribution is 5.23. The lowest BCUT2D eigenvalue weighted by Gasteiger charge is -2.19. The summed E-state index contributed by atoms with van der Waals surface area (Å²) in [6, 6.07) is 0.763. The minimum Gasteiger partial charge on any atom is -0.324 e. The zero-order valence-electron chi connectivity index (χ0n) is 8.73. The first kappa shape index (κ1) is 12.0. The summed E-state index contributed by atoms with van der Waals surface area (Å²) in [5, 5.41) is 0. The molecule has 0 saturated heterocycles. The Balaban J connectivity index is 3.09. The summed E-state index contributed by atoms with van der Waals surface area (Å²) in [5.74, 6) is -3.02. The van der Waals surface area contributed by atoms with Gasteiger partial charge in [0, 0.05) is 17.7 Å². The Morgan fingerprint density at radius 1 is 1.13 bits per heavy atom. The molecule has 15 heavy (non-hydrogen) atoms. The molecule has 2 atom stereocenters. The summed E-state index contributed by atoms with van der Waals surface area (Å²) in [4.78, 5) is 0. The quantitative estimate of drug-likeness (QED) is 0.773. The second kappa shape index (κ2) is 4.66. The van der Waals surface area contributed by atoms with Crippen molar-refractivity contribution in [3.63, 3.8) is 0 Å². The van der Waals surface area contributed by atoms with E-state index in [2.05, 4.69) is 0 Å². The molecular weight excluding hydrogens is 203 g/mol. The standard InChI is InChI=1S/C11H14F3N/c1-3-6(2)11(15)7-4-9(13)10(14)5-8(7)12/h4-6,11H,3,15H2,1-2H3/t6?,11-/m0/s1. The van der Waals surface area contributed by atoms with E-state index in [0.29, 0.717) is 6.07 Å². The first-order valence-corrected chi connectivity index (χ1v) is 4.87. The van der Waals surface area contributed by atoms with Crippen LogP contribution < -0.4 is 5.73 Å². The van der Waals surface area contributed by atoms with Crippen LogP contribution in [0.5, 0.6) is 0 Å². The molecule has 0 aliphatic rings. The van der Waals surface area contributed by atoms with E-state index < -0.39 is 23.5 Å². The van der Waals surface area contributed by atoms with Crippen molar-refractivity contribution in [2.24, 2.45) is 11.7 Å². The van der Waals surface area contributed by atoms with Crippen LogP contribution in [0.2, 0.25) is 0 Å². The van der Waals surface area contributed by atoms with Crippen LogP contribution in [0.3, 0.4) is 0 Å². The van der Waals surface area contributed by atoms with Crippen LogP contribution in [0, 0.1) is 23.4 Å². The van der Waals surface area contributed by atoms with Crippen LogP contribution in [0.4, 0.5) is 13.2 Å². The third kappa shape index (κ3) is 2.50. The fourth-order valence-corrected chi connectivity index (χ4v) is 1.35. The van der Waals surface area contributed by atoms with Crippen LogP contribution in [-0.2, 0) is 0 Å². The SMILES string of the molecule is CCC(C)[C@H](N)c1cc(F)c(F)cc1F. The third-order valence-electron chi connectivity index (χ3n) is 2.66. The second-order valence-electron chi connectivity index (χ2n) is 3.70. The molecular formula is C11H14F3N. The summed E-state index contributed by atoms with van der Waals surface area (Å²) in [6.07, 6.45) is 0.750. The van der Waals surface area contributed by atoms with Crippen LogP contribution in [-0.4, -0.2) is 0 Å². The maximum atomic E-state index is 13.3. The van der Waals surface area contributed by atoms with Crippen molar-refractivity contribution in [2.75, 3.05) is 0 Å². The van der Waals surface area contributed by atoms with E-state index in [1.54, 1.807) is 0 Å². The molecule has 0 amide bonds. The maximum Gasteiger partial charge on any atom is 0.161 e. The van der Waals surface area contributed by atoms with Gasteiger partial charge < -0.3 is 5.73 Å². The normalized spacial score (nSPS) is 15.1. The number of hydrogen-bond donors (Lipinski definition) is 1. The average molecular weight is 217 g/mol. The molecule has 1 aromatic rings. The molecule has 0 heterocycles. The summed E-state index contributed by atoms with van der Waals surface area (Å²) < 4.78 is 38.8. The molecule has 0 aliphatic carbocycles. The summed E-state index contributed by atoms with van der Waals surface area (Å²) >= 11 is 0. The van der Waals surface area contributed by atoms with Crippen molar-refractivity contribution < 1.29 is 13.2 Å². The van der Waals surface area contributed by atoms with E-state index in [0.717, 1.165) is 12.5 Å². The van der Waals surface area contributed by atoms with E-state index in [9.17, 15) is 13.2 Å². The fourth-order valence-electron chi connectivity index (χ4n) is 1.35. The van der Waals surface area contributed by atoms with E-state index in [4.69, 9.17) is 5.73 Å². The minimum absolute atomic E-state index is 0.0179. The van der Waals surface area contributed by atoms with Crippen molar-refractivity contribution in [2.45, 2.75) is 26.3 Å². The smallest absolute Gasteiger partial charge is 0.161 e. The van der Waals surface area contributed by atoms with Gasteiger partial charge in [-0.1, -0.05) is 20.3 Å². The summed E-state index contributed by atoms with van der Waals surface area (Å²) in [7, 11) is 0. The summed E-state index contributed by atoms with van der Waals surface area (Å²) in [5.41, 5.74) is 5.77. The van der Waals surface area contributed by atoms with Gasteiger partial charge in [0.1, 0.15) is 5.82 Å². The fraction of sp³-hybridized carbons (Fsp3) is 0.455. The van der Waals surface area contributed by atoms with Crippen LogP contribution >= 0.6 is 0 Å². The third-order valence-corrected chi connectivity index (χ3v) is 2.66. The Morgan fingerprint density at radius 2 is 1.67 bits per heavy atom. The van der Waals surface area contributed by atoms with Gasteiger partial charge in [0.05, 0.1) is 0 Å². The van der Waals surface area contributed by atoms with Gasteiger partial charge in [-0.2, -0.15) is 0 Å². The van der Waals surface area contributed by atoms with E-state index in [-0.39, 0.29) is 11.5 Å². The van der Waals surface area contributed by atoms with Gasteiger partial charge in [0.25, 0.3) is 0 Å². The van der Waals surface area contributed by atoms with Crippen molar-refractivity contribution in [1.82, 2.24) is 0 Å². The molecule has 0 aromatic heterocycles. The molecule has 0 saturated carbocycles. The highest BCUT2D eigenvalue weighted by Crippen LogP contribution is 2.25. The van der Waals surface area contributed by atoms with Crippen molar-refractivity contribution >= 4 is 0 Å². The van der Waals surface area contributed by atoms with Crippen LogP contribution in [0.1, 0.15) is 31.9 Å². The van der Waals surface area contributed by atoms with Crippen molar-refractivity contribution in [1.29, 1.82) is 0 Å². The number of halogens is 3. The van der Waals surface area contributed by atoms with Gasteiger partial charge in [-0.3, -0.25) is 0 Å². The molecule has 1 unspecified atom stereocenters. The predicted octanol–water partition coefficient (Wildman–Crippen LogP) is 3.15. The van der Waals surface area contributed by atoms with Crippen molar-refractivity contribution in [3.8, 4) is 0 Å². The largest absolute Gasteiger partial charge is 0.324 e. The first-order valence-electron chi connectivity index (χ1n) is 4.87. The second-order valence-corrected chi connectivity index (χ2v) is 3.70. The zero-order valence-corrected chi connectivity index (χ0v) is 8.73. The van der Waals surface area contributed by atoms with E-state index in [1.807, 2.05) is 13.8 Å². The Kier molecular flexibility index (Phi) is 3.74. The molecule has 1 aromatic carbocycles. The lowest BCUT2D eigenvalue weighted by molar-refractivity contribution is 0.427. The van der Waals surface area contributed by atoms with Crippen LogP contribution in [0.25, 0.3) is 0 Å². The molecule has 4 heteroatoms. The van der Waals surface area contributed by atoms with Gasteiger partial charge >= 0.3 is 0 Å². The predicted molar refractivity (Wildman–Crippen MR) is 52.7 cm³/mol.